The van der Waals surface area contributed by atoms with Crippen LogP contribution in [-0.2, 0) is 6.42 Å². The summed E-state index contributed by atoms with van der Waals surface area (Å²) in [6.45, 7) is 3.91. The van der Waals surface area contributed by atoms with Crippen LogP contribution >= 0.6 is 11.6 Å². The summed E-state index contributed by atoms with van der Waals surface area (Å²) < 4.78 is 16.1. The molecule has 0 spiro atoms. The molecule has 2 aromatic carbocycles. The summed E-state index contributed by atoms with van der Waals surface area (Å²) in [6, 6.07) is 5.86. The molecule has 0 amide bonds. The van der Waals surface area contributed by atoms with Gasteiger partial charge in [0.1, 0.15) is 5.75 Å². The number of carbonyl (C=O) groups is 1. The number of methoxy groups -OCH3 is 2. The smallest absolute Gasteiger partial charge is 0.191 e. The Labute approximate surface area is 163 Å². The Bertz CT molecular complexity index is 927. The molecule has 3 rings (SSSR count). The van der Waals surface area contributed by atoms with E-state index in [-0.39, 0.29) is 11.8 Å². The number of benzene rings is 2. The van der Waals surface area contributed by atoms with E-state index in [0.29, 0.717) is 34.7 Å². The number of aryl methyl sites for hydroxylation is 2. The van der Waals surface area contributed by atoms with Gasteiger partial charge in [-0.15, -0.1) is 0 Å². The van der Waals surface area contributed by atoms with Gasteiger partial charge in [-0.2, -0.15) is 0 Å². The number of ketones is 1. The maximum absolute atomic E-state index is 12.9. The number of anilines is 1. The first-order chi connectivity index (χ1) is 12.9. The highest BCUT2D eigenvalue weighted by Crippen LogP contribution is 2.43. The molecule has 0 fully saturated rings. The average molecular weight is 388 g/mol. The van der Waals surface area contributed by atoms with Gasteiger partial charge in [-0.1, -0.05) is 11.6 Å². The number of Topliss-reactive ketones (excluding diaryl/α,β-unsaturated/α-hetero) is 1. The van der Waals surface area contributed by atoms with Gasteiger partial charge in [-0.3, -0.25) is 4.79 Å². The van der Waals surface area contributed by atoms with Gasteiger partial charge in [0, 0.05) is 12.0 Å². The molecular formula is C21H22ClNO4. The predicted molar refractivity (Wildman–Crippen MR) is 107 cm³/mol. The summed E-state index contributed by atoms with van der Waals surface area (Å²) in [5.74, 6) is 1.60. The fraction of sp³-hybridized carbons (Fsp3) is 0.286. The normalized spacial score (nSPS) is 14.4. The summed E-state index contributed by atoms with van der Waals surface area (Å²) in [6.07, 6.45) is 2.39. The van der Waals surface area contributed by atoms with Gasteiger partial charge in [-0.05, 0) is 60.4 Å². The van der Waals surface area contributed by atoms with Crippen LogP contribution in [0.25, 0.3) is 6.08 Å². The van der Waals surface area contributed by atoms with Crippen LogP contribution in [0.4, 0.5) is 5.69 Å². The number of ether oxygens (including phenoxy) is 3. The van der Waals surface area contributed by atoms with Crippen molar-refractivity contribution in [2.24, 2.45) is 0 Å². The number of carbonyl (C=O) groups excluding carboxylic acids is 1. The number of hydrogen-bond acceptors (Lipinski definition) is 5. The van der Waals surface area contributed by atoms with Crippen LogP contribution in [0.5, 0.6) is 17.2 Å². The lowest BCUT2D eigenvalue weighted by Gasteiger charge is -2.13. The maximum Gasteiger partial charge on any atom is 0.191 e. The first kappa shape index (κ1) is 19.1. The lowest BCUT2D eigenvalue weighted by Crippen LogP contribution is -2.04. The van der Waals surface area contributed by atoms with Gasteiger partial charge >= 0.3 is 0 Å². The molecule has 0 saturated heterocycles. The van der Waals surface area contributed by atoms with Gasteiger partial charge in [0.05, 0.1) is 25.5 Å². The topological polar surface area (TPSA) is 70.8 Å². The van der Waals surface area contributed by atoms with Crippen LogP contribution in [0.2, 0.25) is 0 Å². The molecule has 2 aromatic rings. The summed E-state index contributed by atoms with van der Waals surface area (Å²) in [7, 11) is 3.06. The fourth-order valence-electron chi connectivity index (χ4n) is 3.60. The first-order valence-electron chi connectivity index (χ1n) is 8.49. The molecule has 0 radical (unpaired) electrons. The molecule has 0 unspecified atom stereocenters. The second-order valence-electron chi connectivity index (χ2n) is 6.47. The molecular weight excluding hydrogens is 366 g/mol. The second-order valence-corrected chi connectivity index (χ2v) is 6.69. The first-order valence-corrected chi connectivity index (χ1v) is 9.03. The van der Waals surface area contributed by atoms with E-state index >= 15 is 0 Å². The van der Waals surface area contributed by atoms with Crippen LogP contribution in [0.1, 0.15) is 32.6 Å². The number of rotatable bonds is 5. The van der Waals surface area contributed by atoms with Crippen molar-refractivity contribution in [1.82, 2.24) is 0 Å². The number of hydrogen-bond donors (Lipinski definition) is 1. The number of nitrogen functional groups attached to an aromatic ring is 1. The number of allylic oxidation sites excluding steroid dienone is 1. The number of fused-ring (bicyclic) bond motifs is 1. The monoisotopic (exact) mass is 387 g/mol. The molecule has 0 aromatic heterocycles. The molecule has 1 aliphatic carbocycles. The molecule has 0 heterocycles. The molecule has 6 heteroatoms. The Balaban J connectivity index is 2.03. The number of nitrogens with two attached hydrogens (primary N) is 1. The second kappa shape index (κ2) is 7.53. The lowest BCUT2D eigenvalue weighted by atomic mass is 10.0. The van der Waals surface area contributed by atoms with Crippen LogP contribution in [-0.4, -0.2) is 26.1 Å². The largest absolute Gasteiger partial charge is 0.493 e. The SMILES string of the molecule is COc1cc2c(c(N)c1OC)C(=O)/C(=C/c1cc(C)c(OCCl)c(C)c1)C2. The molecule has 27 heavy (non-hydrogen) atoms. The van der Waals surface area contributed by atoms with Crippen LogP contribution in [0, 0.1) is 13.8 Å². The zero-order valence-corrected chi connectivity index (χ0v) is 16.6. The maximum atomic E-state index is 12.9. The third-order valence-corrected chi connectivity index (χ3v) is 4.82. The molecule has 0 atom stereocenters. The minimum atomic E-state index is -0.0835. The quantitative estimate of drug-likeness (QED) is 0.470. The van der Waals surface area contributed by atoms with Crippen LogP contribution in [0.15, 0.2) is 23.8 Å². The molecule has 0 aliphatic heterocycles. The van der Waals surface area contributed by atoms with Gasteiger partial charge in [-0.25, -0.2) is 0 Å². The highest BCUT2D eigenvalue weighted by atomic mass is 35.5. The Hall–Kier alpha value is -2.66. The highest BCUT2D eigenvalue weighted by Gasteiger charge is 2.31. The van der Waals surface area contributed by atoms with Crippen molar-refractivity contribution in [2.75, 3.05) is 26.0 Å². The third kappa shape index (κ3) is 3.35. The molecule has 2 N–H and O–H groups in total. The Kier molecular flexibility index (Phi) is 5.33. The molecule has 5 nitrogen and oxygen atoms in total. The summed E-state index contributed by atoms with van der Waals surface area (Å²) >= 11 is 5.68. The lowest BCUT2D eigenvalue weighted by molar-refractivity contribution is 0.104. The van der Waals surface area contributed by atoms with Crippen molar-refractivity contribution in [1.29, 1.82) is 0 Å². The minimum Gasteiger partial charge on any atom is -0.493 e. The van der Waals surface area contributed by atoms with Crippen molar-refractivity contribution in [3.63, 3.8) is 0 Å². The van der Waals surface area contributed by atoms with E-state index in [1.807, 2.05) is 38.1 Å². The summed E-state index contributed by atoms with van der Waals surface area (Å²) in [5, 5.41) is 0. The standard InChI is InChI=1S/C21H22ClNO4/c1-11-5-13(6-12(2)20(11)27-10-22)7-15-8-14-9-16(25-3)21(26-4)18(23)17(14)19(15)24/h5-7,9H,8,10,23H2,1-4H3/b15-7+. The van der Waals surface area contributed by atoms with Crippen LogP contribution < -0.4 is 19.9 Å². The number of alkyl halides is 1. The van der Waals surface area contributed by atoms with E-state index in [2.05, 4.69) is 0 Å². The Morgan fingerprint density at radius 2 is 1.78 bits per heavy atom. The Morgan fingerprint density at radius 1 is 1.11 bits per heavy atom. The van der Waals surface area contributed by atoms with Crippen molar-refractivity contribution >= 4 is 29.1 Å². The van der Waals surface area contributed by atoms with Gasteiger partial charge in [0.25, 0.3) is 0 Å². The summed E-state index contributed by atoms with van der Waals surface area (Å²) in [4.78, 5) is 12.9. The van der Waals surface area contributed by atoms with E-state index in [4.69, 9.17) is 31.5 Å². The van der Waals surface area contributed by atoms with E-state index in [1.165, 1.54) is 7.11 Å². The summed E-state index contributed by atoms with van der Waals surface area (Å²) in [5.41, 5.74) is 11.4. The van der Waals surface area contributed by atoms with E-state index in [1.54, 1.807) is 7.11 Å². The van der Waals surface area contributed by atoms with Crippen molar-refractivity contribution in [2.45, 2.75) is 20.3 Å². The predicted octanol–water partition coefficient (Wildman–Crippen LogP) is 4.30. The van der Waals surface area contributed by atoms with Gasteiger partial charge in [0.15, 0.2) is 23.3 Å². The zero-order chi connectivity index (χ0) is 19.7. The highest BCUT2D eigenvalue weighted by molar-refractivity contribution is 6.19. The average Bonchev–Trinajstić information content (AvgIpc) is 2.93. The fourth-order valence-corrected chi connectivity index (χ4v) is 3.71. The number of halogens is 1. The Morgan fingerprint density at radius 3 is 2.33 bits per heavy atom. The third-order valence-electron chi connectivity index (χ3n) is 4.71. The molecule has 0 saturated carbocycles. The van der Waals surface area contributed by atoms with Crippen molar-refractivity contribution in [3.8, 4) is 17.2 Å². The van der Waals surface area contributed by atoms with Crippen LogP contribution in [0.3, 0.4) is 0 Å². The molecule has 0 bridgehead atoms. The van der Waals surface area contributed by atoms with E-state index in [0.717, 1.165) is 28.0 Å². The van der Waals surface area contributed by atoms with E-state index in [9.17, 15) is 4.79 Å². The molecule has 1 aliphatic rings. The molecule has 142 valence electrons. The zero-order valence-electron chi connectivity index (χ0n) is 15.8. The minimum absolute atomic E-state index is 0.0835. The van der Waals surface area contributed by atoms with Gasteiger partial charge in [0.2, 0.25) is 0 Å². The van der Waals surface area contributed by atoms with Gasteiger partial charge < -0.3 is 19.9 Å². The van der Waals surface area contributed by atoms with Crippen molar-refractivity contribution < 1.29 is 19.0 Å². The van der Waals surface area contributed by atoms with E-state index < -0.39 is 0 Å². The van der Waals surface area contributed by atoms with Crippen molar-refractivity contribution in [3.05, 3.63) is 51.6 Å².